The fraction of sp³-hybridized carbons (Fsp3) is 0.647. The maximum atomic E-state index is 6.17. The number of hydrogen-bond acceptors (Lipinski definition) is 3. The fourth-order valence-corrected chi connectivity index (χ4v) is 3.58. The maximum Gasteiger partial charge on any atom is 0.494 e. The van der Waals surface area contributed by atoms with Gasteiger partial charge in [-0.15, -0.1) is 0 Å². The second kappa shape index (κ2) is 5.93. The molecule has 0 aliphatic carbocycles. The lowest BCUT2D eigenvalue weighted by molar-refractivity contribution is 0.00578. The molecule has 2 aliphatic heterocycles. The summed E-state index contributed by atoms with van der Waals surface area (Å²) in [7, 11) is -0.295. The van der Waals surface area contributed by atoms with Crippen LogP contribution in [-0.2, 0) is 14.0 Å². The Balaban J connectivity index is 1.87. The quantitative estimate of drug-likeness (QED) is 0.748. The van der Waals surface area contributed by atoms with Gasteiger partial charge in [-0.2, -0.15) is 0 Å². The molecule has 0 aromatic heterocycles. The van der Waals surface area contributed by atoms with Crippen LogP contribution < -0.4 is 5.46 Å². The summed E-state index contributed by atoms with van der Waals surface area (Å²) in [6.07, 6.45) is 2.15. The summed E-state index contributed by atoms with van der Waals surface area (Å²) in [5, 5.41) is 0. The predicted molar refractivity (Wildman–Crippen MR) is 92.7 cm³/mol. The van der Waals surface area contributed by atoms with Crippen molar-refractivity contribution < 1.29 is 14.0 Å². The molecule has 3 rings (SSSR count). The van der Waals surface area contributed by atoms with E-state index in [9.17, 15) is 0 Å². The van der Waals surface area contributed by atoms with Crippen molar-refractivity contribution in [2.45, 2.75) is 57.7 Å². The first-order valence-electron chi connectivity index (χ1n) is 8.03. The molecule has 1 aromatic rings. The van der Waals surface area contributed by atoms with E-state index in [4.69, 9.17) is 14.0 Å². The van der Waals surface area contributed by atoms with Crippen LogP contribution in [0.4, 0.5) is 0 Å². The van der Waals surface area contributed by atoms with Crippen LogP contribution in [0.1, 0.15) is 52.0 Å². The fourth-order valence-electron chi connectivity index (χ4n) is 3.01. The summed E-state index contributed by atoms with van der Waals surface area (Å²) in [4.78, 5) is 0. The molecule has 0 unspecified atom stereocenters. The normalized spacial score (nSPS) is 24.7. The average molecular weight is 367 g/mol. The van der Waals surface area contributed by atoms with Crippen molar-refractivity contribution in [3.63, 3.8) is 0 Å². The molecule has 22 heavy (non-hydrogen) atoms. The van der Waals surface area contributed by atoms with E-state index in [-0.39, 0.29) is 18.3 Å². The van der Waals surface area contributed by atoms with Crippen LogP contribution in [0.15, 0.2) is 22.7 Å². The molecule has 1 aromatic carbocycles. The lowest BCUT2D eigenvalue weighted by atomic mass is 9.76. The summed E-state index contributed by atoms with van der Waals surface area (Å²) in [5.74, 6) is 0.547. The number of halogens is 1. The third-order valence-electron chi connectivity index (χ3n) is 5.21. The molecule has 2 aliphatic rings. The van der Waals surface area contributed by atoms with E-state index in [2.05, 4.69) is 61.8 Å². The van der Waals surface area contributed by atoms with Crippen LogP contribution in [0, 0.1) is 0 Å². The Morgan fingerprint density at radius 1 is 1.05 bits per heavy atom. The molecule has 0 radical (unpaired) electrons. The van der Waals surface area contributed by atoms with Gasteiger partial charge in [0, 0.05) is 17.7 Å². The van der Waals surface area contributed by atoms with Gasteiger partial charge in [0.25, 0.3) is 0 Å². The van der Waals surface area contributed by atoms with Crippen LogP contribution >= 0.6 is 15.9 Å². The molecule has 120 valence electrons. The minimum atomic E-state index is -0.302. The van der Waals surface area contributed by atoms with Gasteiger partial charge in [0.15, 0.2) is 0 Å². The second-order valence-electron chi connectivity index (χ2n) is 7.26. The van der Waals surface area contributed by atoms with E-state index in [1.54, 1.807) is 0 Å². The van der Waals surface area contributed by atoms with Crippen LogP contribution in [0.3, 0.4) is 0 Å². The maximum absolute atomic E-state index is 6.17. The predicted octanol–water partition coefficient (Wildman–Crippen LogP) is 3.64. The van der Waals surface area contributed by atoms with Crippen LogP contribution in [-0.4, -0.2) is 31.5 Å². The summed E-state index contributed by atoms with van der Waals surface area (Å²) >= 11 is 3.70. The summed E-state index contributed by atoms with van der Waals surface area (Å²) in [5.41, 5.74) is 1.84. The van der Waals surface area contributed by atoms with Crippen molar-refractivity contribution in [1.82, 2.24) is 0 Å². The van der Waals surface area contributed by atoms with E-state index >= 15 is 0 Å². The smallest absolute Gasteiger partial charge is 0.399 e. The molecule has 5 heteroatoms. The van der Waals surface area contributed by atoms with E-state index in [0.29, 0.717) is 5.92 Å². The van der Waals surface area contributed by atoms with Gasteiger partial charge in [-0.25, -0.2) is 0 Å². The highest BCUT2D eigenvalue weighted by atomic mass is 79.9. The van der Waals surface area contributed by atoms with Crippen molar-refractivity contribution in [1.29, 1.82) is 0 Å². The minimum absolute atomic E-state index is 0.295. The minimum Gasteiger partial charge on any atom is -0.399 e. The summed E-state index contributed by atoms with van der Waals surface area (Å²) in [6, 6.07) is 6.45. The Morgan fingerprint density at radius 2 is 1.64 bits per heavy atom. The van der Waals surface area contributed by atoms with Crippen molar-refractivity contribution in [3.8, 4) is 0 Å². The van der Waals surface area contributed by atoms with E-state index < -0.39 is 0 Å². The SMILES string of the molecule is CC1(C)OB(c2ccc(Br)c(C3CCOCC3)c2)OC1(C)C. The molecule has 0 atom stereocenters. The molecular formula is C17H24BBrO3. The number of ether oxygens (including phenoxy) is 1. The first kappa shape index (κ1) is 16.5. The summed E-state index contributed by atoms with van der Waals surface area (Å²) < 4.78 is 19.0. The lowest BCUT2D eigenvalue weighted by Crippen LogP contribution is -2.41. The van der Waals surface area contributed by atoms with Gasteiger partial charge in [0.1, 0.15) is 0 Å². The molecule has 0 bridgehead atoms. The molecule has 2 fully saturated rings. The second-order valence-corrected chi connectivity index (χ2v) is 8.11. The van der Waals surface area contributed by atoms with Gasteiger partial charge in [-0.1, -0.05) is 28.1 Å². The lowest BCUT2D eigenvalue weighted by Gasteiger charge is -2.32. The third kappa shape index (κ3) is 3.01. The van der Waals surface area contributed by atoms with Crippen molar-refractivity contribution in [2.75, 3.05) is 13.2 Å². The van der Waals surface area contributed by atoms with Crippen LogP contribution in [0.5, 0.6) is 0 Å². The molecular weight excluding hydrogens is 343 g/mol. The van der Waals surface area contributed by atoms with Gasteiger partial charge in [-0.05, 0) is 63.5 Å². The molecule has 0 N–H and O–H groups in total. The Kier molecular flexibility index (Phi) is 4.45. The first-order valence-corrected chi connectivity index (χ1v) is 8.82. The monoisotopic (exact) mass is 366 g/mol. The Morgan fingerprint density at radius 3 is 2.23 bits per heavy atom. The van der Waals surface area contributed by atoms with E-state index in [1.165, 1.54) is 10.0 Å². The Hall–Kier alpha value is -0.355. The highest BCUT2D eigenvalue weighted by Crippen LogP contribution is 2.37. The van der Waals surface area contributed by atoms with Gasteiger partial charge in [-0.3, -0.25) is 0 Å². The standard InChI is InChI=1S/C17H24BBrO3/c1-16(2)17(3,4)22-18(21-16)13-5-6-15(19)14(11-13)12-7-9-20-10-8-12/h5-6,11-12H,7-10H2,1-4H3. The topological polar surface area (TPSA) is 27.7 Å². The molecule has 0 saturated carbocycles. The highest BCUT2D eigenvalue weighted by molar-refractivity contribution is 9.10. The van der Waals surface area contributed by atoms with Crippen LogP contribution in [0.25, 0.3) is 0 Å². The Bertz CT molecular complexity index is 537. The number of rotatable bonds is 2. The van der Waals surface area contributed by atoms with Gasteiger partial charge < -0.3 is 14.0 Å². The Labute approximate surface area is 142 Å². The third-order valence-corrected chi connectivity index (χ3v) is 5.93. The highest BCUT2D eigenvalue weighted by Gasteiger charge is 2.51. The average Bonchev–Trinajstić information content (AvgIpc) is 2.69. The molecule has 3 nitrogen and oxygen atoms in total. The molecule has 0 amide bonds. The van der Waals surface area contributed by atoms with Gasteiger partial charge in [0.05, 0.1) is 11.2 Å². The molecule has 2 saturated heterocycles. The van der Waals surface area contributed by atoms with Crippen molar-refractivity contribution in [3.05, 3.63) is 28.2 Å². The van der Waals surface area contributed by atoms with Crippen molar-refractivity contribution >= 4 is 28.5 Å². The molecule has 2 heterocycles. The summed E-state index contributed by atoms with van der Waals surface area (Å²) in [6.45, 7) is 10.0. The zero-order valence-electron chi connectivity index (χ0n) is 13.8. The zero-order chi connectivity index (χ0) is 16.0. The van der Waals surface area contributed by atoms with E-state index in [1.807, 2.05) is 0 Å². The molecule has 0 spiro atoms. The zero-order valence-corrected chi connectivity index (χ0v) is 15.4. The number of hydrogen-bond donors (Lipinski definition) is 0. The van der Waals surface area contributed by atoms with Gasteiger partial charge in [0.2, 0.25) is 0 Å². The number of benzene rings is 1. The van der Waals surface area contributed by atoms with E-state index in [0.717, 1.165) is 31.5 Å². The first-order chi connectivity index (χ1) is 10.3. The van der Waals surface area contributed by atoms with Gasteiger partial charge >= 0.3 is 7.12 Å². The van der Waals surface area contributed by atoms with Crippen LogP contribution in [0.2, 0.25) is 0 Å². The largest absolute Gasteiger partial charge is 0.494 e. The van der Waals surface area contributed by atoms with Crippen molar-refractivity contribution in [2.24, 2.45) is 0 Å².